The van der Waals surface area contributed by atoms with Gasteiger partial charge in [0.15, 0.2) is 0 Å². The number of hydrogen-bond donors (Lipinski definition) is 1. The third kappa shape index (κ3) is 5.61. The van der Waals surface area contributed by atoms with E-state index in [2.05, 4.69) is 94.2 Å². The molecule has 0 bridgehead atoms. The number of benzene rings is 1. The molecule has 0 spiro atoms. The molecule has 1 aromatic carbocycles. The van der Waals surface area contributed by atoms with Crippen LogP contribution in [0.5, 0.6) is 0 Å². The first kappa shape index (κ1) is 26.9. The van der Waals surface area contributed by atoms with Gasteiger partial charge in [0.1, 0.15) is 6.54 Å². The van der Waals surface area contributed by atoms with Gasteiger partial charge in [0.05, 0.1) is 16.8 Å². The molecule has 5 heteroatoms. The highest BCUT2D eigenvalue weighted by Crippen LogP contribution is 2.49. The van der Waals surface area contributed by atoms with Gasteiger partial charge in [-0.05, 0) is 86.3 Å². The second-order valence-electron chi connectivity index (χ2n) is 10.4. The number of rotatable bonds is 10. The van der Waals surface area contributed by atoms with Crippen LogP contribution in [0, 0.1) is 16.7 Å². The highest BCUT2D eigenvalue weighted by molar-refractivity contribution is 5.99. The molecule has 0 heterocycles. The van der Waals surface area contributed by atoms with Crippen molar-refractivity contribution in [2.45, 2.75) is 84.7 Å². The lowest BCUT2D eigenvalue weighted by Gasteiger charge is -2.42. The molecule has 188 valence electrons. The molecule has 2 aliphatic carbocycles. The van der Waals surface area contributed by atoms with Gasteiger partial charge in [0, 0.05) is 6.04 Å². The molecular weight excluding hydrogens is 432 g/mol. The van der Waals surface area contributed by atoms with Gasteiger partial charge in [-0.15, -0.1) is 0 Å². The van der Waals surface area contributed by atoms with Crippen LogP contribution >= 0.6 is 0 Å². The topological polar surface area (TPSA) is 66.2 Å². The van der Waals surface area contributed by atoms with Gasteiger partial charge in [0.25, 0.3) is 0 Å². The van der Waals surface area contributed by atoms with Crippen LogP contribution < -0.4 is 5.32 Å². The minimum Gasteiger partial charge on any atom is -0.317 e. The average Bonchev–Trinajstić information content (AvgIpc) is 2.97. The Labute approximate surface area is 211 Å². The van der Waals surface area contributed by atoms with Gasteiger partial charge < -0.3 is 5.32 Å². The monoisotopic (exact) mass is 474 g/mol. The summed E-state index contributed by atoms with van der Waals surface area (Å²) in [6.07, 6.45) is 11.2. The first-order valence-corrected chi connectivity index (χ1v) is 13.0. The smallest absolute Gasteiger partial charge is 0.106 e. The fourth-order valence-electron chi connectivity index (χ4n) is 5.74. The summed E-state index contributed by atoms with van der Waals surface area (Å²) >= 11 is 0. The predicted molar refractivity (Wildman–Crippen MR) is 149 cm³/mol. The van der Waals surface area contributed by atoms with Crippen LogP contribution in [0.25, 0.3) is 0 Å². The molecule has 1 N–H and O–H groups in total. The van der Waals surface area contributed by atoms with E-state index in [1.807, 2.05) is 0 Å². The second kappa shape index (κ2) is 11.9. The quantitative estimate of drug-likeness (QED) is 0.224. The van der Waals surface area contributed by atoms with E-state index >= 15 is 0 Å². The number of nitrogens with one attached hydrogen (secondary N) is 1. The molecule has 0 saturated heterocycles. The van der Waals surface area contributed by atoms with Crippen molar-refractivity contribution in [1.82, 2.24) is 5.32 Å². The summed E-state index contributed by atoms with van der Waals surface area (Å²) in [5.74, 6) is 0.976. The maximum Gasteiger partial charge on any atom is 0.106 e. The number of aryl methyl sites for hydroxylation is 1. The Morgan fingerprint density at radius 3 is 2.69 bits per heavy atom. The fraction of sp³-hybridized carbons (Fsp3) is 0.533. The van der Waals surface area contributed by atoms with Gasteiger partial charge in [-0.1, -0.05) is 75.4 Å². The fourth-order valence-corrected chi connectivity index (χ4v) is 5.74. The lowest BCUT2D eigenvalue weighted by atomic mass is 9.63. The molecule has 0 fully saturated rings. The summed E-state index contributed by atoms with van der Waals surface area (Å²) in [6.45, 7) is 15.2. The maximum atomic E-state index is 11.0. The molecular formula is C30H42N4O. The number of nitrogens with zero attached hydrogens (tertiary/aromatic N) is 3. The van der Waals surface area contributed by atoms with Crippen molar-refractivity contribution < 1.29 is 0 Å². The third-order valence-electron chi connectivity index (χ3n) is 7.82. The van der Waals surface area contributed by atoms with Crippen LogP contribution in [0.1, 0.15) is 77.0 Å². The van der Waals surface area contributed by atoms with Gasteiger partial charge in [-0.25, -0.2) is 0 Å². The van der Waals surface area contributed by atoms with Crippen molar-refractivity contribution in [1.29, 1.82) is 0 Å². The molecule has 5 nitrogen and oxygen atoms in total. The Hall–Kier alpha value is -2.66. The Balaban J connectivity index is 2.36. The summed E-state index contributed by atoms with van der Waals surface area (Å²) in [7, 11) is 2.06. The molecule has 0 aromatic heterocycles. The van der Waals surface area contributed by atoms with Crippen molar-refractivity contribution in [3.63, 3.8) is 0 Å². The zero-order valence-corrected chi connectivity index (χ0v) is 22.4. The average molecular weight is 475 g/mol. The van der Waals surface area contributed by atoms with Crippen molar-refractivity contribution in [3.8, 4) is 0 Å². The van der Waals surface area contributed by atoms with E-state index in [-0.39, 0.29) is 12.6 Å². The molecule has 0 aliphatic heterocycles. The highest BCUT2D eigenvalue weighted by atomic mass is 16.3. The molecule has 0 radical (unpaired) electrons. The first-order valence-electron chi connectivity index (χ1n) is 13.0. The zero-order valence-electron chi connectivity index (χ0n) is 22.4. The normalized spacial score (nSPS) is 23.6. The summed E-state index contributed by atoms with van der Waals surface area (Å²) in [5.41, 5.74) is 7.92. The number of allylic oxidation sites excluding steroid dienone is 5. The van der Waals surface area contributed by atoms with Gasteiger partial charge in [0.2, 0.25) is 0 Å². The zero-order chi connectivity index (χ0) is 25.6. The van der Waals surface area contributed by atoms with Gasteiger partial charge >= 0.3 is 0 Å². The number of hydrogen-bond acceptors (Lipinski definition) is 5. The van der Waals surface area contributed by atoms with E-state index in [1.54, 1.807) is 6.08 Å². The summed E-state index contributed by atoms with van der Waals surface area (Å²) in [5, 5.41) is 16.3. The van der Waals surface area contributed by atoms with E-state index in [0.717, 1.165) is 49.1 Å². The largest absolute Gasteiger partial charge is 0.317 e. The van der Waals surface area contributed by atoms with Crippen molar-refractivity contribution in [2.24, 2.45) is 27.2 Å². The van der Waals surface area contributed by atoms with Gasteiger partial charge in [-0.3, -0.25) is 0 Å². The minimum atomic E-state index is -0.410. The predicted octanol–water partition coefficient (Wildman–Crippen LogP) is 7.08. The Kier molecular flexibility index (Phi) is 9.12. The van der Waals surface area contributed by atoms with E-state index < -0.39 is 5.41 Å². The van der Waals surface area contributed by atoms with Crippen molar-refractivity contribution in [3.05, 3.63) is 75.7 Å². The molecule has 1 aromatic rings. The number of fused-ring (bicyclic) bond motifs is 1. The number of nitroso groups, excluding NO2 is 1. The standard InChI is InChI=1S/C30H42N4O/c1-8-26(9-2)34-33-22(6)30(18-29(31-7)20(3)4)27-14-10-21(5)16-24(27)12-13-25-17-23(19-32-35)11-15-28(25)30/h8,10-11,14-15,17,20-21,29,31H,1,9,12-13,16,18-19H2,2-7H3/b33-22+,34-26+. The summed E-state index contributed by atoms with van der Waals surface area (Å²) in [4.78, 5) is 11.0. The SMILES string of the molecule is C=C/C(CC)=N\N=C(/C)C1(CC(NC)C(C)C)C2=C(CCc3cc(CN=O)ccc31)CC(C)C=C2. The van der Waals surface area contributed by atoms with E-state index in [0.29, 0.717) is 11.8 Å². The molecule has 35 heavy (non-hydrogen) atoms. The maximum absolute atomic E-state index is 11.0. The lowest BCUT2D eigenvalue weighted by Crippen LogP contribution is -2.45. The minimum absolute atomic E-state index is 0.200. The Bertz CT molecular complexity index is 1060. The first-order chi connectivity index (χ1) is 16.8. The molecule has 0 saturated carbocycles. The van der Waals surface area contributed by atoms with Crippen LogP contribution in [-0.4, -0.2) is 24.5 Å². The Morgan fingerprint density at radius 2 is 2.06 bits per heavy atom. The summed E-state index contributed by atoms with van der Waals surface area (Å²) < 4.78 is 0. The van der Waals surface area contributed by atoms with Crippen LogP contribution in [0.15, 0.2) is 69.5 Å². The van der Waals surface area contributed by atoms with Gasteiger partial charge in [-0.2, -0.15) is 15.1 Å². The molecule has 3 unspecified atom stereocenters. The van der Waals surface area contributed by atoms with E-state index in [4.69, 9.17) is 5.10 Å². The van der Waals surface area contributed by atoms with E-state index in [9.17, 15) is 4.91 Å². The molecule has 2 aliphatic rings. The summed E-state index contributed by atoms with van der Waals surface area (Å²) in [6, 6.07) is 6.77. The molecule has 3 rings (SSSR count). The lowest BCUT2D eigenvalue weighted by molar-refractivity contribution is 0.363. The van der Waals surface area contributed by atoms with E-state index in [1.165, 1.54) is 22.3 Å². The molecule has 0 amide bonds. The molecule has 3 atom stereocenters. The van der Waals surface area contributed by atoms with Crippen molar-refractivity contribution in [2.75, 3.05) is 7.05 Å². The van der Waals surface area contributed by atoms with Crippen LogP contribution in [0.4, 0.5) is 0 Å². The van der Waals surface area contributed by atoms with Crippen LogP contribution in [-0.2, 0) is 18.4 Å². The van der Waals surface area contributed by atoms with Crippen LogP contribution in [0.3, 0.4) is 0 Å². The Morgan fingerprint density at radius 1 is 1.29 bits per heavy atom. The highest BCUT2D eigenvalue weighted by Gasteiger charge is 2.45. The van der Waals surface area contributed by atoms with Crippen molar-refractivity contribution >= 4 is 11.4 Å². The third-order valence-corrected chi connectivity index (χ3v) is 7.82. The van der Waals surface area contributed by atoms with Crippen LogP contribution in [0.2, 0.25) is 0 Å². The second-order valence-corrected chi connectivity index (χ2v) is 10.4.